The number of benzene rings is 2. The summed E-state index contributed by atoms with van der Waals surface area (Å²) in [5.74, 6) is 1.64. The van der Waals surface area contributed by atoms with Crippen LogP contribution >= 0.6 is 11.8 Å². The van der Waals surface area contributed by atoms with Crippen LogP contribution in [0.2, 0.25) is 0 Å². The molecule has 0 saturated carbocycles. The first-order chi connectivity index (χ1) is 12.2. The molecule has 3 rings (SSSR count). The minimum atomic E-state index is -0.0292. The molecule has 0 unspecified atom stereocenters. The van der Waals surface area contributed by atoms with Gasteiger partial charge in [-0.2, -0.15) is 4.98 Å². The number of hydrogen-bond donors (Lipinski definition) is 1. The lowest BCUT2D eigenvalue weighted by molar-refractivity contribution is -0.120. The van der Waals surface area contributed by atoms with Crippen molar-refractivity contribution in [2.24, 2.45) is 0 Å². The summed E-state index contributed by atoms with van der Waals surface area (Å²) >= 11 is 1.66. The van der Waals surface area contributed by atoms with E-state index < -0.39 is 0 Å². The van der Waals surface area contributed by atoms with E-state index in [0.29, 0.717) is 18.1 Å². The van der Waals surface area contributed by atoms with Crippen LogP contribution < -0.4 is 5.32 Å². The molecule has 3 aromatic rings. The molecule has 0 saturated heterocycles. The van der Waals surface area contributed by atoms with E-state index in [-0.39, 0.29) is 12.5 Å². The average Bonchev–Trinajstić information content (AvgIpc) is 3.10. The van der Waals surface area contributed by atoms with Crippen molar-refractivity contribution in [2.75, 3.05) is 5.75 Å². The van der Waals surface area contributed by atoms with Crippen LogP contribution in [0.3, 0.4) is 0 Å². The Kier molecular flexibility index (Phi) is 5.85. The summed E-state index contributed by atoms with van der Waals surface area (Å²) in [6, 6.07) is 17.9. The number of hydrogen-bond acceptors (Lipinski definition) is 5. The molecule has 1 heterocycles. The zero-order valence-electron chi connectivity index (χ0n) is 13.9. The topological polar surface area (TPSA) is 68.0 Å². The van der Waals surface area contributed by atoms with Crippen molar-refractivity contribution in [3.63, 3.8) is 0 Å². The number of amides is 1. The van der Waals surface area contributed by atoms with Gasteiger partial charge < -0.3 is 9.84 Å². The van der Waals surface area contributed by atoms with E-state index in [2.05, 4.69) is 15.5 Å². The van der Waals surface area contributed by atoms with Crippen LogP contribution in [0.1, 0.15) is 17.9 Å². The standard InChI is InChI=1S/C19H19N3O2S/c1-14-7-9-15(10-8-14)19-21-18(24-22-19)13-20-17(23)11-12-25-16-5-3-2-4-6-16/h2-10H,11-13H2,1H3,(H,20,23). The smallest absolute Gasteiger partial charge is 0.246 e. The van der Waals surface area contributed by atoms with Gasteiger partial charge in [0.15, 0.2) is 0 Å². The van der Waals surface area contributed by atoms with E-state index in [4.69, 9.17) is 4.52 Å². The Morgan fingerprint density at radius 2 is 1.88 bits per heavy atom. The van der Waals surface area contributed by atoms with E-state index in [9.17, 15) is 4.79 Å². The predicted molar refractivity (Wildman–Crippen MR) is 98.1 cm³/mol. The van der Waals surface area contributed by atoms with Gasteiger partial charge in [0.05, 0.1) is 6.54 Å². The van der Waals surface area contributed by atoms with Crippen molar-refractivity contribution in [1.82, 2.24) is 15.5 Å². The van der Waals surface area contributed by atoms with E-state index >= 15 is 0 Å². The monoisotopic (exact) mass is 353 g/mol. The van der Waals surface area contributed by atoms with Gasteiger partial charge >= 0.3 is 0 Å². The van der Waals surface area contributed by atoms with Gasteiger partial charge in [-0.1, -0.05) is 53.2 Å². The lowest BCUT2D eigenvalue weighted by Crippen LogP contribution is -2.23. The number of aromatic nitrogens is 2. The Morgan fingerprint density at radius 1 is 1.12 bits per heavy atom. The molecule has 0 bridgehead atoms. The second kappa shape index (κ2) is 8.48. The zero-order valence-corrected chi connectivity index (χ0v) is 14.8. The van der Waals surface area contributed by atoms with Gasteiger partial charge in [-0.15, -0.1) is 11.8 Å². The molecule has 1 N–H and O–H groups in total. The maximum absolute atomic E-state index is 11.9. The molecule has 128 valence electrons. The number of rotatable bonds is 7. The molecule has 2 aromatic carbocycles. The molecule has 6 heteroatoms. The summed E-state index contributed by atoms with van der Waals surface area (Å²) in [5, 5.41) is 6.76. The van der Waals surface area contributed by atoms with Crippen molar-refractivity contribution in [1.29, 1.82) is 0 Å². The minimum absolute atomic E-state index is 0.0292. The number of aryl methyl sites for hydroxylation is 1. The van der Waals surface area contributed by atoms with Gasteiger partial charge in [0.25, 0.3) is 0 Å². The zero-order chi connectivity index (χ0) is 17.5. The normalized spacial score (nSPS) is 10.6. The third-order valence-corrected chi connectivity index (χ3v) is 4.57. The molecule has 0 fully saturated rings. The van der Waals surface area contributed by atoms with Crippen molar-refractivity contribution in [3.05, 3.63) is 66.1 Å². The van der Waals surface area contributed by atoms with Gasteiger partial charge in [-0.05, 0) is 19.1 Å². The van der Waals surface area contributed by atoms with Crippen molar-refractivity contribution >= 4 is 17.7 Å². The lowest BCUT2D eigenvalue weighted by atomic mass is 10.1. The van der Waals surface area contributed by atoms with Crippen LogP contribution in [0.4, 0.5) is 0 Å². The lowest BCUT2D eigenvalue weighted by Gasteiger charge is -2.02. The van der Waals surface area contributed by atoms with Crippen LogP contribution in [0.5, 0.6) is 0 Å². The predicted octanol–water partition coefficient (Wildman–Crippen LogP) is 3.84. The maximum atomic E-state index is 11.9. The Labute approximate surface area is 150 Å². The molecule has 0 atom stereocenters. The second-order valence-electron chi connectivity index (χ2n) is 5.57. The van der Waals surface area contributed by atoms with Crippen LogP contribution in [-0.2, 0) is 11.3 Å². The van der Waals surface area contributed by atoms with Crippen LogP contribution in [0, 0.1) is 6.92 Å². The van der Waals surface area contributed by atoms with E-state index in [1.807, 2.05) is 61.5 Å². The fourth-order valence-corrected chi connectivity index (χ4v) is 3.06. The summed E-state index contributed by atoms with van der Waals surface area (Å²) in [4.78, 5) is 17.4. The summed E-state index contributed by atoms with van der Waals surface area (Å²) in [6.45, 7) is 2.27. The molecular weight excluding hydrogens is 334 g/mol. The first-order valence-corrected chi connectivity index (χ1v) is 9.03. The highest BCUT2D eigenvalue weighted by molar-refractivity contribution is 7.99. The summed E-state index contributed by atoms with van der Waals surface area (Å²) < 4.78 is 5.19. The van der Waals surface area contributed by atoms with Gasteiger partial charge in [0.1, 0.15) is 0 Å². The molecule has 0 radical (unpaired) electrons. The first kappa shape index (κ1) is 17.2. The molecule has 1 aromatic heterocycles. The fourth-order valence-electron chi connectivity index (χ4n) is 2.19. The number of nitrogens with zero attached hydrogens (tertiary/aromatic N) is 2. The van der Waals surface area contributed by atoms with Crippen molar-refractivity contribution < 1.29 is 9.32 Å². The van der Waals surface area contributed by atoms with Crippen molar-refractivity contribution in [2.45, 2.75) is 24.8 Å². The summed E-state index contributed by atoms with van der Waals surface area (Å²) in [7, 11) is 0. The van der Waals surface area contributed by atoms with E-state index in [0.717, 1.165) is 16.2 Å². The SMILES string of the molecule is Cc1ccc(-c2noc(CNC(=O)CCSc3ccccc3)n2)cc1. The molecule has 25 heavy (non-hydrogen) atoms. The largest absolute Gasteiger partial charge is 0.347 e. The third kappa shape index (κ3) is 5.19. The molecule has 0 aliphatic heterocycles. The van der Waals surface area contributed by atoms with E-state index in [1.165, 1.54) is 5.56 Å². The Balaban J connectivity index is 1.44. The fraction of sp³-hybridized carbons (Fsp3) is 0.211. The molecule has 0 aliphatic carbocycles. The Hall–Kier alpha value is -2.60. The number of nitrogens with one attached hydrogen (secondary N) is 1. The van der Waals surface area contributed by atoms with Crippen LogP contribution in [0.25, 0.3) is 11.4 Å². The summed E-state index contributed by atoms with van der Waals surface area (Å²) in [5.41, 5.74) is 2.07. The number of carbonyl (C=O) groups is 1. The number of thioether (sulfide) groups is 1. The molecule has 1 amide bonds. The van der Waals surface area contributed by atoms with Crippen LogP contribution in [0.15, 0.2) is 64.0 Å². The maximum Gasteiger partial charge on any atom is 0.246 e. The van der Waals surface area contributed by atoms with E-state index in [1.54, 1.807) is 11.8 Å². The highest BCUT2D eigenvalue weighted by atomic mass is 32.2. The average molecular weight is 353 g/mol. The highest BCUT2D eigenvalue weighted by Crippen LogP contribution is 2.18. The Bertz CT molecular complexity index is 816. The molecule has 5 nitrogen and oxygen atoms in total. The second-order valence-corrected chi connectivity index (χ2v) is 6.73. The summed E-state index contributed by atoms with van der Waals surface area (Å²) in [6.07, 6.45) is 0.443. The highest BCUT2D eigenvalue weighted by Gasteiger charge is 2.10. The number of carbonyl (C=O) groups excluding carboxylic acids is 1. The minimum Gasteiger partial charge on any atom is -0.347 e. The molecule has 0 spiro atoms. The van der Waals surface area contributed by atoms with Crippen molar-refractivity contribution in [3.8, 4) is 11.4 Å². The van der Waals surface area contributed by atoms with Gasteiger partial charge in [0, 0.05) is 22.6 Å². The van der Waals surface area contributed by atoms with Crippen LogP contribution in [-0.4, -0.2) is 21.8 Å². The van der Waals surface area contributed by atoms with Gasteiger partial charge in [0.2, 0.25) is 17.6 Å². The molecule has 0 aliphatic rings. The molecular formula is C19H19N3O2S. The quantitative estimate of drug-likeness (QED) is 0.654. The first-order valence-electron chi connectivity index (χ1n) is 8.05. The van der Waals surface area contributed by atoms with Gasteiger partial charge in [-0.25, -0.2) is 0 Å². The third-order valence-electron chi connectivity index (χ3n) is 3.56. The Morgan fingerprint density at radius 3 is 2.64 bits per heavy atom. The van der Waals surface area contributed by atoms with Gasteiger partial charge in [-0.3, -0.25) is 4.79 Å².